The summed E-state index contributed by atoms with van der Waals surface area (Å²) in [4.78, 5) is 29.1. The average molecular weight is 321 g/mol. The lowest BCUT2D eigenvalue weighted by Crippen LogP contribution is -2.49. The van der Waals surface area contributed by atoms with Gasteiger partial charge in [-0.25, -0.2) is 14.6 Å². The van der Waals surface area contributed by atoms with Crippen LogP contribution in [0, 0.1) is 0 Å². The second-order valence-electron chi connectivity index (χ2n) is 6.64. The molecular weight excluding hydrogens is 298 g/mol. The summed E-state index contributed by atoms with van der Waals surface area (Å²) in [6, 6.07) is 2.97. The van der Waals surface area contributed by atoms with Gasteiger partial charge in [0, 0.05) is 25.3 Å². The molecule has 2 heterocycles. The van der Waals surface area contributed by atoms with E-state index < -0.39 is 17.7 Å². The lowest BCUT2D eigenvalue weighted by atomic mass is 10.1. The molecule has 1 amide bonds. The number of aromatic carboxylic acids is 1. The number of hydrogen-bond acceptors (Lipinski definition) is 5. The summed E-state index contributed by atoms with van der Waals surface area (Å²) in [7, 11) is 0. The first-order chi connectivity index (χ1) is 10.7. The fourth-order valence-corrected chi connectivity index (χ4v) is 2.50. The van der Waals surface area contributed by atoms with E-state index in [9.17, 15) is 9.59 Å². The van der Waals surface area contributed by atoms with Crippen LogP contribution in [0.15, 0.2) is 18.3 Å². The van der Waals surface area contributed by atoms with Crippen LogP contribution in [0.2, 0.25) is 0 Å². The van der Waals surface area contributed by atoms with Gasteiger partial charge in [-0.1, -0.05) is 0 Å². The summed E-state index contributed by atoms with van der Waals surface area (Å²) in [6.45, 7) is 6.82. The van der Waals surface area contributed by atoms with Crippen LogP contribution in [0.3, 0.4) is 0 Å². The number of anilines is 1. The van der Waals surface area contributed by atoms with E-state index in [1.165, 1.54) is 12.3 Å². The van der Waals surface area contributed by atoms with Crippen LogP contribution < -0.4 is 10.2 Å². The minimum atomic E-state index is -0.978. The number of amides is 1. The fraction of sp³-hybridized carbons (Fsp3) is 0.562. The van der Waals surface area contributed by atoms with E-state index in [1.807, 2.05) is 25.7 Å². The molecule has 0 bridgehead atoms. The maximum atomic E-state index is 11.9. The van der Waals surface area contributed by atoms with E-state index in [4.69, 9.17) is 9.84 Å². The third-order valence-electron chi connectivity index (χ3n) is 3.46. The zero-order valence-electron chi connectivity index (χ0n) is 13.7. The van der Waals surface area contributed by atoms with Gasteiger partial charge in [0.1, 0.15) is 11.4 Å². The number of pyridine rings is 1. The van der Waals surface area contributed by atoms with Crippen LogP contribution in [-0.4, -0.2) is 46.9 Å². The molecule has 1 unspecified atom stereocenters. The quantitative estimate of drug-likeness (QED) is 0.887. The van der Waals surface area contributed by atoms with E-state index in [0.717, 1.165) is 19.4 Å². The Morgan fingerprint density at radius 2 is 2.17 bits per heavy atom. The highest BCUT2D eigenvalue weighted by atomic mass is 16.6. The highest BCUT2D eigenvalue weighted by Crippen LogP contribution is 2.19. The molecule has 0 aromatic carbocycles. The Bertz CT molecular complexity index is 583. The van der Waals surface area contributed by atoms with Gasteiger partial charge in [-0.2, -0.15) is 0 Å². The lowest BCUT2D eigenvalue weighted by Gasteiger charge is -2.34. The third kappa shape index (κ3) is 5.12. The molecule has 1 aliphatic heterocycles. The number of nitrogens with zero attached hydrogens (tertiary/aromatic N) is 2. The topological polar surface area (TPSA) is 91.8 Å². The predicted octanol–water partition coefficient (Wildman–Crippen LogP) is 2.27. The zero-order chi connectivity index (χ0) is 17.0. The second kappa shape index (κ2) is 6.85. The Morgan fingerprint density at radius 3 is 2.83 bits per heavy atom. The van der Waals surface area contributed by atoms with Crippen LogP contribution in [0.1, 0.15) is 44.0 Å². The summed E-state index contributed by atoms with van der Waals surface area (Å²) in [5.41, 5.74) is -0.326. The van der Waals surface area contributed by atoms with E-state index in [2.05, 4.69) is 10.3 Å². The third-order valence-corrected chi connectivity index (χ3v) is 3.46. The van der Waals surface area contributed by atoms with Gasteiger partial charge in [0.15, 0.2) is 0 Å². The number of carbonyl (C=O) groups is 2. The summed E-state index contributed by atoms with van der Waals surface area (Å²) >= 11 is 0. The summed E-state index contributed by atoms with van der Waals surface area (Å²) in [5, 5.41) is 11.9. The fourth-order valence-electron chi connectivity index (χ4n) is 2.50. The average Bonchev–Trinajstić information content (AvgIpc) is 2.45. The molecule has 1 saturated heterocycles. The van der Waals surface area contributed by atoms with Crippen molar-refractivity contribution in [3.05, 3.63) is 23.9 Å². The van der Waals surface area contributed by atoms with Crippen molar-refractivity contribution < 1.29 is 19.4 Å². The van der Waals surface area contributed by atoms with Crippen molar-refractivity contribution >= 4 is 17.9 Å². The first-order valence-corrected chi connectivity index (χ1v) is 7.68. The van der Waals surface area contributed by atoms with Gasteiger partial charge < -0.3 is 20.1 Å². The zero-order valence-corrected chi connectivity index (χ0v) is 13.7. The molecule has 2 N–H and O–H groups in total. The lowest BCUT2D eigenvalue weighted by molar-refractivity contribution is 0.0499. The number of carboxylic acid groups (broad SMARTS) is 1. The maximum Gasteiger partial charge on any atom is 0.407 e. The summed E-state index contributed by atoms with van der Waals surface area (Å²) in [5.74, 6) is -0.366. The number of hydrogen-bond donors (Lipinski definition) is 2. The van der Waals surface area contributed by atoms with Gasteiger partial charge in [-0.3, -0.25) is 0 Å². The molecule has 0 spiro atoms. The van der Waals surface area contributed by atoms with Crippen LogP contribution in [0.4, 0.5) is 10.6 Å². The molecule has 0 aliphatic carbocycles. The highest BCUT2D eigenvalue weighted by molar-refractivity contribution is 5.88. The molecule has 126 valence electrons. The van der Waals surface area contributed by atoms with Gasteiger partial charge in [-0.05, 0) is 45.7 Å². The molecule has 1 aromatic heterocycles. The van der Waals surface area contributed by atoms with Crippen LogP contribution in [-0.2, 0) is 4.74 Å². The van der Waals surface area contributed by atoms with Crippen molar-refractivity contribution in [2.45, 2.75) is 45.3 Å². The molecule has 1 aromatic rings. The molecule has 1 atom stereocenters. The standard InChI is InChI=1S/C16H23N3O4/c1-16(2,3)23-15(22)18-12-5-4-8-19(10-12)13-9-11(14(20)21)6-7-17-13/h6-7,9,12H,4-5,8,10H2,1-3H3,(H,18,22)(H,20,21). The Hall–Kier alpha value is -2.31. The molecule has 0 radical (unpaired) electrons. The van der Waals surface area contributed by atoms with Gasteiger partial charge in [0.2, 0.25) is 0 Å². The van der Waals surface area contributed by atoms with Gasteiger partial charge in [0.25, 0.3) is 0 Å². The summed E-state index contributed by atoms with van der Waals surface area (Å²) < 4.78 is 5.27. The van der Waals surface area contributed by atoms with Crippen molar-refractivity contribution in [3.8, 4) is 0 Å². The number of piperidine rings is 1. The Balaban J connectivity index is 1.99. The molecular formula is C16H23N3O4. The van der Waals surface area contributed by atoms with Crippen molar-refractivity contribution in [1.29, 1.82) is 0 Å². The highest BCUT2D eigenvalue weighted by Gasteiger charge is 2.25. The van der Waals surface area contributed by atoms with E-state index in [0.29, 0.717) is 12.4 Å². The minimum absolute atomic E-state index is 0.0473. The summed E-state index contributed by atoms with van der Waals surface area (Å²) in [6.07, 6.45) is 2.80. The van der Waals surface area contributed by atoms with Crippen LogP contribution >= 0.6 is 0 Å². The Kier molecular flexibility index (Phi) is 5.08. The first kappa shape index (κ1) is 17.1. The number of carbonyl (C=O) groups excluding carboxylic acids is 1. The normalized spacial score (nSPS) is 18.4. The minimum Gasteiger partial charge on any atom is -0.478 e. The molecule has 0 saturated carbocycles. The number of nitrogens with one attached hydrogen (secondary N) is 1. The van der Waals surface area contributed by atoms with Crippen LogP contribution in [0.25, 0.3) is 0 Å². The van der Waals surface area contributed by atoms with Gasteiger partial charge in [-0.15, -0.1) is 0 Å². The number of aromatic nitrogens is 1. The number of rotatable bonds is 3. The molecule has 1 aliphatic rings. The SMILES string of the molecule is CC(C)(C)OC(=O)NC1CCCN(c2cc(C(=O)O)ccn2)C1. The Morgan fingerprint density at radius 1 is 1.43 bits per heavy atom. The molecule has 2 rings (SSSR count). The monoisotopic (exact) mass is 321 g/mol. The predicted molar refractivity (Wildman–Crippen MR) is 85.8 cm³/mol. The molecule has 23 heavy (non-hydrogen) atoms. The Labute approximate surface area is 135 Å². The molecule has 7 nitrogen and oxygen atoms in total. The molecule has 7 heteroatoms. The van der Waals surface area contributed by atoms with E-state index in [-0.39, 0.29) is 11.6 Å². The van der Waals surface area contributed by atoms with Crippen molar-refractivity contribution in [2.75, 3.05) is 18.0 Å². The van der Waals surface area contributed by atoms with Crippen molar-refractivity contribution in [3.63, 3.8) is 0 Å². The number of carboxylic acids is 1. The second-order valence-corrected chi connectivity index (χ2v) is 6.64. The van der Waals surface area contributed by atoms with Gasteiger partial charge in [0.05, 0.1) is 5.56 Å². The first-order valence-electron chi connectivity index (χ1n) is 7.68. The van der Waals surface area contributed by atoms with Crippen molar-refractivity contribution in [2.24, 2.45) is 0 Å². The van der Waals surface area contributed by atoms with Gasteiger partial charge >= 0.3 is 12.1 Å². The largest absolute Gasteiger partial charge is 0.478 e. The van der Waals surface area contributed by atoms with Crippen LogP contribution in [0.5, 0.6) is 0 Å². The number of ether oxygens (including phenoxy) is 1. The number of alkyl carbamates (subject to hydrolysis) is 1. The smallest absolute Gasteiger partial charge is 0.407 e. The van der Waals surface area contributed by atoms with Crippen molar-refractivity contribution in [1.82, 2.24) is 10.3 Å². The maximum absolute atomic E-state index is 11.9. The molecule has 1 fully saturated rings. The van der Waals surface area contributed by atoms with E-state index in [1.54, 1.807) is 6.07 Å². The van der Waals surface area contributed by atoms with E-state index >= 15 is 0 Å².